The van der Waals surface area contributed by atoms with E-state index in [2.05, 4.69) is 10.6 Å². The van der Waals surface area contributed by atoms with Crippen LogP contribution in [0.5, 0.6) is 0 Å². The highest BCUT2D eigenvalue weighted by Crippen LogP contribution is 2.30. The van der Waals surface area contributed by atoms with Gasteiger partial charge in [0.1, 0.15) is 0 Å². The molecule has 2 aliphatic rings. The molecule has 0 spiro atoms. The van der Waals surface area contributed by atoms with Crippen molar-refractivity contribution < 1.29 is 14.4 Å². The molecule has 1 saturated carbocycles. The molecule has 2 N–H and O–H groups in total. The number of piperidine rings is 1. The second-order valence-electron chi connectivity index (χ2n) is 8.79. The molecule has 0 aromatic heterocycles. The molecule has 2 fully saturated rings. The minimum absolute atomic E-state index is 0.0282. The van der Waals surface area contributed by atoms with E-state index in [-0.39, 0.29) is 35.6 Å². The van der Waals surface area contributed by atoms with Gasteiger partial charge in [-0.3, -0.25) is 14.4 Å². The van der Waals surface area contributed by atoms with Crippen LogP contribution in [0.3, 0.4) is 0 Å². The van der Waals surface area contributed by atoms with Crippen molar-refractivity contribution in [3.05, 3.63) is 65.7 Å². The molecule has 1 saturated heterocycles. The van der Waals surface area contributed by atoms with Crippen LogP contribution in [0, 0.1) is 5.92 Å². The summed E-state index contributed by atoms with van der Waals surface area (Å²) in [5.74, 6) is 0.0570. The van der Waals surface area contributed by atoms with Crippen LogP contribution < -0.4 is 10.6 Å². The fourth-order valence-corrected chi connectivity index (χ4v) is 4.30. The lowest BCUT2D eigenvalue weighted by Crippen LogP contribution is -2.47. The number of anilines is 1. The van der Waals surface area contributed by atoms with Crippen molar-refractivity contribution in [2.24, 2.45) is 5.92 Å². The maximum atomic E-state index is 13.1. The topological polar surface area (TPSA) is 78.5 Å². The number of hydrogen-bond donors (Lipinski definition) is 2. The van der Waals surface area contributed by atoms with Crippen molar-refractivity contribution in [2.75, 3.05) is 18.4 Å². The molecule has 4 rings (SSSR count). The Morgan fingerprint density at radius 1 is 0.969 bits per heavy atom. The lowest BCUT2D eigenvalue weighted by atomic mass is 9.93. The van der Waals surface area contributed by atoms with Gasteiger partial charge >= 0.3 is 0 Å². The maximum absolute atomic E-state index is 13.1. The van der Waals surface area contributed by atoms with Gasteiger partial charge in [-0.2, -0.15) is 0 Å². The Bertz CT molecular complexity index is 963. The number of likely N-dealkylation sites (tertiary alicyclic amines) is 1. The van der Waals surface area contributed by atoms with Crippen molar-refractivity contribution in [1.29, 1.82) is 0 Å². The highest BCUT2D eigenvalue weighted by Gasteiger charge is 2.30. The Labute approximate surface area is 189 Å². The molecule has 1 aliphatic carbocycles. The summed E-state index contributed by atoms with van der Waals surface area (Å²) in [5.41, 5.74) is 2.25. The number of amides is 3. The molecule has 6 nitrogen and oxygen atoms in total. The van der Waals surface area contributed by atoms with E-state index in [4.69, 9.17) is 0 Å². The quantitative estimate of drug-likeness (QED) is 0.694. The van der Waals surface area contributed by atoms with Gasteiger partial charge in [-0.05, 0) is 55.9 Å². The van der Waals surface area contributed by atoms with E-state index in [1.54, 1.807) is 24.3 Å². The van der Waals surface area contributed by atoms with Crippen molar-refractivity contribution in [3.8, 4) is 0 Å². The van der Waals surface area contributed by atoms with E-state index in [9.17, 15) is 14.4 Å². The summed E-state index contributed by atoms with van der Waals surface area (Å²) in [6.07, 6.45) is 4.13. The first-order valence-electron chi connectivity index (χ1n) is 11.6. The van der Waals surface area contributed by atoms with Crippen LogP contribution in [0.15, 0.2) is 54.6 Å². The van der Waals surface area contributed by atoms with E-state index < -0.39 is 0 Å². The van der Waals surface area contributed by atoms with E-state index in [1.165, 1.54) is 0 Å². The fraction of sp³-hybridized carbons (Fsp3) is 0.423. The monoisotopic (exact) mass is 433 g/mol. The minimum Gasteiger partial charge on any atom is -0.349 e. The van der Waals surface area contributed by atoms with Crippen LogP contribution >= 0.6 is 0 Å². The smallest absolute Gasteiger partial charge is 0.251 e. The normalized spacial score (nSPS) is 17.5. The number of rotatable bonds is 7. The molecule has 0 radical (unpaired) electrons. The van der Waals surface area contributed by atoms with Crippen LogP contribution in [0.2, 0.25) is 0 Å². The van der Waals surface area contributed by atoms with Crippen LogP contribution in [0.1, 0.15) is 60.9 Å². The third-order valence-corrected chi connectivity index (χ3v) is 6.39. The Hall–Kier alpha value is -3.15. The first-order valence-corrected chi connectivity index (χ1v) is 11.6. The molecule has 1 aliphatic heterocycles. The molecule has 1 atom stereocenters. The molecule has 6 heteroatoms. The second kappa shape index (κ2) is 9.98. The van der Waals surface area contributed by atoms with Crippen molar-refractivity contribution in [1.82, 2.24) is 10.2 Å². The van der Waals surface area contributed by atoms with Gasteiger partial charge in [0.2, 0.25) is 11.8 Å². The van der Waals surface area contributed by atoms with Gasteiger partial charge in [-0.15, -0.1) is 0 Å². The van der Waals surface area contributed by atoms with E-state index in [0.29, 0.717) is 24.3 Å². The first kappa shape index (κ1) is 22.1. The first-order chi connectivity index (χ1) is 15.5. The fourth-order valence-electron chi connectivity index (χ4n) is 4.30. The summed E-state index contributed by atoms with van der Waals surface area (Å²) >= 11 is 0. The summed E-state index contributed by atoms with van der Waals surface area (Å²) in [5, 5.41) is 5.98. The Morgan fingerprint density at radius 2 is 1.69 bits per heavy atom. The van der Waals surface area contributed by atoms with Gasteiger partial charge in [0, 0.05) is 36.3 Å². The van der Waals surface area contributed by atoms with E-state index >= 15 is 0 Å². The Balaban J connectivity index is 1.29. The maximum Gasteiger partial charge on any atom is 0.251 e. The molecule has 2 aromatic carbocycles. The lowest BCUT2D eigenvalue weighted by Gasteiger charge is -2.34. The third kappa shape index (κ3) is 5.36. The zero-order chi connectivity index (χ0) is 22.5. The zero-order valence-corrected chi connectivity index (χ0v) is 18.5. The van der Waals surface area contributed by atoms with Crippen LogP contribution in [0.4, 0.5) is 5.69 Å². The average Bonchev–Trinajstić information content (AvgIpc) is 3.67. The lowest BCUT2D eigenvalue weighted by molar-refractivity contribution is -0.134. The summed E-state index contributed by atoms with van der Waals surface area (Å²) in [6, 6.07) is 17.0. The summed E-state index contributed by atoms with van der Waals surface area (Å²) in [7, 11) is 0. The predicted octanol–water partition coefficient (Wildman–Crippen LogP) is 3.95. The largest absolute Gasteiger partial charge is 0.349 e. The highest BCUT2D eigenvalue weighted by atomic mass is 16.2. The van der Waals surface area contributed by atoms with Gasteiger partial charge in [0.05, 0.1) is 5.92 Å². The number of nitrogens with one attached hydrogen (secondary N) is 2. The SMILES string of the molecule is CCC(C(=O)N1CCC(NC(=O)c2cccc(NC(=O)C3CC3)c2)CC1)c1ccccc1. The number of carbonyl (C=O) groups excluding carboxylic acids is 3. The van der Waals surface area contributed by atoms with Gasteiger partial charge in [-0.25, -0.2) is 0 Å². The number of hydrogen-bond acceptors (Lipinski definition) is 3. The van der Waals surface area contributed by atoms with Gasteiger partial charge < -0.3 is 15.5 Å². The van der Waals surface area contributed by atoms with Gasteiger partial charge in [0.15, 0.2) is 0 Å². The molecule has 3 amide bonds. The second-order valence-corrected chi connectivity index (χ2v) is 8.79. The number of nitrogens with zero attached hydrogens (tertiary/aromatic N) is 1. The predicted molar refractivity (Wildman–Crippen MR) is 124 cm³/mol. The molecule has 168 valence electrons. The molecule has 1 heterocycles. The van der Waals surface area contributed by atoms with Crippen LogP contribution in [-0.4, -0.2) is 41.8 Å². The number of benzene rings is 2. The minimum atomic E-state index is -0.145. The molecule has 32 heavy (non-hydrogen) atoms. The zero-order valence-electron chi connectivity index (χ0n) is 18.5. The van der Waals surface area contributed by atoms with Crippen molar-refractivity contribution >= 4 is 23.4 Å². The summed E-state index contributed by atoms with van der Waals surface area (Å²) in [4.78, 5) is 39.7. The molecule has 1 unspecified atom stereocenters. The molecule has 0 bridgehead atoms. The van der Waals surface area contributed by atoms with E-state index in [1.807, 2.05) is 42.2 Å². The van der Waals surface area contributed by atoms with Crippen molar-refractivity contribution in [3.63, 3.8) is 0 Å². The summed E-state index contributed by atoms with van der Waals surface area (Å²) in [6.45, 7) is 3.33. The van der Waals surface area contributed by atoms with Gasteiger partial charge in [-0.1, -0.05) is 43.3 Å². The third-order valence-electron chi connectivity index (χ3n) is 6.39. The van der Waals surface area contributed by atoms with Gasteiger partial charge in [0.25, 0.3) is 5.91 Å². The molecule has 2 aromatic rings. The molecular weight excluding hydrogens is 402 g/mol. The highest BCUT2D eigenvalue weighted by molar-refractivity contribution is 5.98. The van der Waals surface area contributed by atoms with Crippen LogP contribution in [0.25, 0.3) is 0 Å². The number of carbonyl (C=O) groups is 3. The standard InChI is InChI=1S/C26H31N3O3/c1-2-23(18-7-4-3-5-8-18)26(32)29-15-13-21(14-16-29)27-25(31)20-9-6-10-22(17-20)28-24(30)19-11-12-19/h3-10,17,19,21,23H,2,11-16H2,1H3,(H,27,31)(H,28,30). The Morgan fingerprint density at radius 3 is 2.34 bits per heavy atom. The van der Waals surface area contributed by atoms with Crippen LogP contribution in [-0.2, 0) is 9.59 Å². The summed E-state index contributed by atoms with van der Waals surface area (Å²) < 4.78 is 0. The van der Waals surface area contributed by atoms with E-state index in [0.717, 1.165) is 37.7 Å². The Kier molecular flexibility index (Phi) is 6.88. The molecular formula is C26H31N3O3. The average molecular weight is 434 g/mol. The van der Waals surface area contributed by atoms with Crippen molar-refractivity contribution in [2.45, 2.75) is 51.0 Å².